The molecule has 1 aliphatic heterocycles. The first kappa shape index (κ1) is 19.7. The van der Waals surface area contributed by atoms with E-state index in [1.165, 1.54) is 4.90 Å². The fourth-order valence-corrected chi connectivity index (χ4v) is 2.99. The number of amides is 2. The minimum atomic E-state index is -0.613. The van der Waals surface area contributed by atoms with Crippen molar-refractivity contribution in [3.63, 3.8) is 0 Å². The molecule has 0 aliphatic carbocycles. The molecule has 1 heterocycles. The van der Waals surface area contributed by atoms with Crippen LogP contribution in [-0.2, 0) is 19.1 Å². The van der Waals surface area contributed by atoms with E-state index in [9.17, 15) is 14.4 Å². The van der Waals surface area contributed by atoms with Gasteiger partial charge in [-0.25, -0.2) is 0 Å². The molecule has 1 unspecified atom stereocenters. The second-order valence-electron chi connectivity index (χ2n) is 6.27. The lowest BCUT2D eigenvalue weighted by molar-refractivity contribution is -0.151. The van der Waals surface area contributed by atoms with Gasteiger partial charge in [-0.1, -0.05) is 11.6 Å². The standard InChI is InChI=1S/C20H19ClN2O5/c1-27-17-8-6-16(7-9-17)23-11-13(10-19(23)25)20(26)28-12-18(24)22-15-4-2-14(21)3-5-15/h2-9,13H,10-12H2,1H3,(H,22,24). The quantitative estimate of drug-likeness (QED) is 0.751. The smallest absolute Gasteiger partial charge is 0.311 e. The summed E-state index contributed by atoms with van der Waals surface area (Å²) in [6.45, 7) is -0.211. The number of hydrogen-bond acceptors (Lipinski definition) is 5. The van der Waals surface area contributed by atoms with E-state index in [0.717, 1.165) is 0 Å². The van der Waals surface area contributed by atoms with Crippen LogP contribution in [-0.4, -0.2) is 38.0 Å². The maximum Gasteiger partial charge on any atom is 0.311 e. The van der Waals surface area contributed by atoms with Gasteiger partial charge in [-0.3, -0.25) is 14.4 Å². The van der Waals surface area contributed by atoms with Crippen LogP contribution in [0.25, 0.3) is 0 Å². The monoisotopic (exact) mass is 402 g/mol. The zero-order valence-electron chi connectivity index (χ0n) is 15.2. The number of nitrogens with zero attached hydrogens (tertiary/aromatic N) is 1. The van der Waals surface area contributed by atoms with Crippen LogP contribution in [0, 0.1) is 5.92 Å². The average Bonchev–Trinajstić information content (AvgIpc) is 3.10. The minimum Gasteiger partial charge on any atom is -0.497 e. The van der Waals surface area contributed by atoms with E-state index in [-0.39, 0.29) is 18.9 Å². The highest BCUT2D eigenvalue weighted by molar-refractivity contribution is 6.30. The Morgan fingerprint density at radius 1 is 1.14 bits per heavy atom. The van der Waals surface area contributed by atoms with Gasteiger partial charge >= 0.3 is 5.97 Å². The summed E-state index contributed by atoms with van der Waals surface area (Å²) in [5.41, 5.74) is 1.23. The molecule has 0 radical (unpaired) electrons. The maximum atomic E-state index is 12.3. The van der Waals surface area contributed by atoms with Crippen LogP contribution >= 0.6 is 11.6 Å². The highest BCUT2D eigenvalue weighted by Crippen LogP contribution is 2.27. The Hall–Kier alpha value is -3.06. The zero-order chi connectivity index (χ0) is 20.1. The first-order valence-electron chi connectivity index (χ1n) is 8.62. The number of anilines is 2. The molecular formula is C20H19ClN2O5. The highest BCUT2D eigenvalue weighted by Gasteiger charge is 2.36. The summed E-state index contributed by atoms with van der Waals surface area (Å²) in [5.74, 6) is -1.14. The van der Waals surface area contributed by atoms with E-state index >= 15 is 0 Å². The number of hydrogen-bond donors (Lipinski definition) is 1. The molecule has 1 aliphatic rings. The first-order valence-corrected chi connectivity index (χ1v) is 9.00. The van der Waals surface area contributed by atoms with E-state index in [4.69, 9.17) is 21.1 Å². The molecule has 1 saturated heterocycles. The van der Waals surface area contributed by atoms with Crippen molar-refractivity contribution in [1.82, 2.24) is 0 Å². The van der Waals surface area contributed by atoms with Gasteiger partial charge in [0.05, 0.1) is 13.0 Å². The third-order valence-electron chi connectivity index (χ3n) is 4.32. The van der Waals surface area contributed by atoms with Gasteiger partial charge in [0.1, 0.15) is 5.75 Å². The molecule has 146 valence electrons. The third kappa shape index (κ3) is 4.80. The molecule has 2 amide bonds. The largest absolute Gasteiger partial charge is 0.497 e. The number of benzene rings is 2. The summed E-state index contributed by atoms with van der Waals surface area (Å²) in [5, 5.41) is 3.16. The topological polar surface area (TPSA) is 84.9 Å². The van der Waals surface area contributed by atoms with Gasteiger partial charge in [0.15, 0.2) is 6.61 Å². The van der Waals surface area contributed by atoms with Gasteiger partial charge in [-0.05, 0) is 48.5 Å². The summed E-state index contributed by atoms with van der Waals surface area (Å²) in [7, 11) is 1.56. The van der Waals surface area contributed by atoms with E-state index in [0.29, 0.717) is 22.1 Å². The summed E-state index contributed by atoms with van der Waals surface area (Å²) < 4.78 is 10.2. The molecule has 0 spiro atoms. The van der Waals surface area contributed by atoms with Crippen molar-refractivity contribution < 1.29 is 23.9 Å². The van der Waals surface area contributed by atoms with E-state index in [1.807, 2.05) is 0 Å². The van der Waals surface area contributed by atoms with Crippen LogP contribution in [0.3, 0.4) is 0 Å². The fourth-order valence-electron chi connectivity index (χ4n) is 2.86. The van der Waals surface area contributed by atoms with Crippen LogP contribution in [0.15, 0.2) is 48.5 Å². The third-order valence-corrected chi connectivity index (χ3v) is 4.57. The van der Waals surface area contributed by atoms with Crippen molar-refractivity contribution in [3.8, 4) is 5.75 Å². The Labute approximate surface area is 167 Å². The van der Waals surface area contributed by atoms with Crippen LogP contribution in [0.4, 0.5) is 11.4 Å². The molecule has 0 bridgehead atoms. The Morgan fingerprint density at radius 3 is 2.46 bits per heavy atom. The van der Waals surface area contributed by atoms with Gasteiger partial charge < -0.3 is 19.7 Å². The molecular weight excluding hydrogens is 384 g/mol. The van der Waals surface area contributed by atoms with E-state index in [2.05, 4.69) is 5.32 Å². The summed E-state index contributed by atoms with van der Waals surface area (Å²) >= 11 is 5.79. The molecule has 1 atom stereocenters. The van der Waals surface area contributed by atoms with Crippen LogP contribution in [0.1, 0.15) is 6.42 Å². The van der Waals surface area contributed by atoms with E-state index < -0.39 is 24.4 Å². The van der Waals surface area contributed by atoms with Gasteiger partial charge in [-0.2, -0.15) is 0 Å². The average molecular weight is 403 g/mol. The van der Waals surface area contributed by atoms with Crippen LogP contribution in [0.2, 0.25) is 5.02 Å². The maximum absolute atomic E-state index is 12.3. The molecule has 7 nitrogen and oxygen atoms in total. The Morgan fingerprint density at radius 2 is 1.82 bits per heavy atom. The molecule has 1 fully saturated rings. The summed E-state index contributed by atoms with van der Waals surface area (Å²) in [6.07, 6.45) is 0.0453. The number of halogens is 1. The normalized spacial score (nSPS) is 16.0. The predicted octanol–water partition coefficient (Wildman–Crippen LogP) is 2.88. The SMILES string of the molecule is COc1ccc(N2CC(C(=O)OCC(=O)Nc3ccc(Cl)cc3)CC2=O)cc1. The molecule has 8 heteroatoms. The Bertz CT molecular complexity index is 867. The summed E-state index contributed by atoms with van der Waals surface area (Å²) in [4.78, 5) is 37.9. The van der Waals surface area contributed by atoms with Crippen LogP contribution in [0.5, 0.6) is 5.75 Å². The molecule has 2 aromatic rings. The van der Waals surface area contributed by atoms with E-state index in [1.54, 1.807) is 55.6 Å². The zero-order valence-corrected chi connectivity index (χ0v) is 15.9. The fraction of sp³-hybridized carbons (Fsp3) is 0.250. The lowest BCUT2D eigenvalue weighted by atomic mass is 10.1. The highest BCUT2D eigenvalue weighted by atomic mass is 35.5. The number of methoxy groups -OCH3 is 1. The first-order chi connectivity index (χ1) is 13.5. The lowest BCUT2D eigenvalue weighted by Crippen LogP contribution is -2.28. The Balaban J connectivity index is 1.51. The van der Waals surface area contributed by atoms with Gasteiger partial charge in [0, 0.05) is 29.4 Å². The van der Waals surface area contributed by atoms with Crippen molar-refractivity contribution in [2.75, 3.05) is 30.5 Å². The molecule has 3 rings (SSSR count). The van der Waals surface area contributed by atoms with Crippen molar-refractivity contribution in [2.24, 2.45) is 5.92 Å². The number of nitrogens with one attached hydrogen (secondary N) is 1. The molecule has 1 N–H and O–H groups in total. The number of ether oxygens (including phenoxy) is 2. The van der Waals surface area contributed by atoms with Crippen molar-refractivity contribution in [1.29, 1.82) is 0 Å². The minimum absolute atomic E-state index is 0.0453. The van der Waals surface area contributed by atoms with Crippen molar-refractivity contribution in [2.45, 2.75) is 6.42 Å². The number of rotatable bonds is 6. The van der Waals surface area contributed by atoms with Gasteiger partial charge in [0.2, 0.25) is 5.91 Å². The van der Waals surface area contributed by atoms with Crippen molar-refractivity contribution >= 4 is 40.8 Å². The number of carbonyl (C=O) groups is 3. The second-order valence-corrected chi connectivity index (χ2v) is 6.70. The van der Waals surface area contributed by atoms with Crippen molar-refractivity contribution in [3.05, 3.63) is 53.6 Å². The van der Waals surface area contributed by atoms with Gasteiger partial charge in [-0.15, -0.1) is 0 Å². The summed E-state index contributed by atoms with van der Waals surface area (Å²) in [6, 6.07) is 13.6. The number of esters is 1. The van der Waals surface area contributed by atoms with Crippen LogP contribution < -0.4 is 15.0 Å². The lowest BCUT2D eigenvalue weighted by Gasteiger charge is -2.16. The molecule has 2 aromatic carbocycles. The molecule has 28 heavy (non-hydrogen) atoms. The van der Waals surface area contributed by atoms with Gasteiger partial charge in [0.25, 0.3) is 5.91 Å². The second kappa shape index (κ2) is 8.75. The predicted molar refractivity (Wildman–Crippen MR) is 104 cm³/mol. The molecule has 0 saturated carbocycles. The Kier molecular flexibility index (Phi) is 6.16. The molecule has 0 aromatic heterocycles. The number of carbonyl (C=O) groups excluding carboxylic acids is 3.